The van der Waals surface area contributed by atoms with Gasteiger partial charge in [0.1, 0.15) is 16.5 Å². The number of carbonyl (C=O) groups is 1. The number of aromatic nitrogens is 1. The number of halogens is 1. The van der Waals surface area contributed by atoms with Crippen LogP contribution in [0.5, 0.6) is 0 Å². The lowest BCUT2D eigenvalue weighted by molar-refractivity contribution is -0.384. The Balaban J connectivity index is 1.73. The summed E-state index contributed by atoms with van der Waals surface area (Å²) >= 11 is 1.27. The molecule has 0 aliphatic heterocycles. The summed E-state index contributed by atoms with van der Waals surface area (Å²) in [6.45, 7) is 0. The predicted molar refractivity (Wildman–Crippen MR) is 88.6 cm³/mol. The first-order valence-electron chi connectivity index (χ1n) is 6.80. The van der Waals surface area contributed by atoms with E-state index in [1.165, 1.54) is 47.7 Å². The van der Waals surface area contributed by atoms with Gasteiger partial charge in [0.15, 0.2) is 0 Å². The number of amides is 1. The maximum absolute atomic E-state index is 12.9. The molecule has 1 heterocycles. The molecule has 0 unspecified atom stereocenters. The number of nitrogens with zero attached hydrogens (tertiary/aromatic N) is 2. The Morgan fingerprint density at radius 3 is 2.42 bits per heavy atom. The van der Waals surface area contributed by atoms with Crippen LogP contribution in [0.1, 0.15) is 10.5 Å². The average Bonchev–Trinajstić information content (AvgIpc) is 3.06. The number of non-ortho nitro benzene ring substituents is 1. The molecular formula is C16H10FN3O3S. The Morgan fingerprint density at radius 1 is 1.12 bits per heavy atom. The van der Waals surface area contributed by atoms with Gasteiger partial charge >= 0.3 is 0 Å². The van der Waals surface area contributed by atoms with Crippen molar-refractivity contribution in [1.82, 2.24) is 4.98 Å². The van der Waals surface area contributed by atoms with Gasteiger partial charge in [0.25, 0.3) is 11.6 Å². The molecular weight excluding hydrogens is 333 g/mol. The topological polar surface area (TPSA) is 85.1 Å². The monoisotopic (exact) mass is 343 g/mol. The van der Waals surface area contributed by atoms with E-state index in [1.54, 1.807) is 17.5 Å². The van der Waals surface area contributed by atoms with Crippen LogP contribution in [-0.2, 0) is 0 Å². The van der Waals surface area contributed by atoms with Crippen LogP contribution in [-0.4, -0.2) is 15.8 Å². The lowest BCUT2D eigenvalue weighted by Crippen LogP contribution is -2.12. The maximum Gasteiger partial charge on any atom is 0.275 e. The third kappa shape index (κ3) is 3.44. The molecule has 1 amide bonds. The van der Waals surface area contributed by atoms with Crippen LogP contribution in [0.3, 0.4) is 0 Å². The summed E-state index contributed by atoms with van der Waals surface area (Å²) in [5.41, 5.74) is 1.32. The van der Waals surface area contributed by atoms with Gasteiger partial charge in [-0.05, 0) is 36.4 Å². The maximum atomic E-state index is 12.9. The summed E-state index contributed by atoms with van der Waals surface area (Å²) in [4.78, 5) is 26.5. The highest BCUT2D eigenvalue weighted by atomic mass is 32.1. The Bertz CT molecular complexity index is 892. The minimum absolute atomic E-state index is 0.0553. The van der Waals surface area contributed by atoms with Crippen molar-refractivity contribution in [3.05, 3.63) is 75.5 Å². The van der Waals surface area contributed by atoms with Crippen molar-refractivity contribution in [1.29, 1.82) is 0 Å². The number of hydrogen-bond donors (Lipinski definition) is 1. The van der Waals surface area contributed by atoms with Crippen molar-refractivity contribution >= 4 is 28.6 Å². The molecule has 0 spiro atoms. The van der Waals surface area contributed by atoms with E-state index in [9.17, 15) is 19.3 Å². The molecule has 3 aromatic rings. The number of nitro groups is 1. The van der Waals surface area contributed by atoms with Crippen LogP contribution in [0.15, 0.2) is 53.9 Å². The molecule has 2 aromatic carbocycles. The van der Waals surface area contributed by atoms with Gasteiger partial charge in [-0.3, -0.25) is 14.9 Å². The summed E-state index contributed by atoms with van der Waals surface area (Å²) in [7, 11) is 0. The van der Waals surface area contributed by atoms with Gasteiger partial charge in [-0.2, -0.15) is 0 Å². The molecule has 1 aromatic heterocycles. The molecule has 0 aliphatic rings. The highest BCUT2D eigenvalue weighted by molar-refractivity contribution is 7.13. The zero-order valence-electron chi connectivity index (χ0n) is 12.1. The lowest BCUT2D eigenvalue weighted by atomic mass is 10.2. The van der Waals surface area contributed by atoms with Crippen molar-refractivity contribution in [3.8, 4) is 10.6 Å². The van der Waals surface area contributed by atoms with Crippen LogP contribution in [0.2, 0.25) is 0 Å². The van der Waals surface area contributed by atoms with Crippen LogP contribution in [0, 0.1) is 15.9 Å². The van der Waals surface area contributed by atoms with Crippen molar-refractivity contribution in [2.45, 2.75) is 0 Å². The first kappa shape index (κ1) is 15.8. The van der Waals surface area contributed by atoms with Gasteiger partial charge in [0.05, 0.1) is 4.92 Å². The Hall–Kier alpha value is -3.13. The molecule has 0 atom stereocenters. The number of carbonyl (C=O) groups excluding carboxylic acids is 1. The quantitative estimate of drug-likeness (QED) is 0.570. The van der Waals surface area contributed by atoms with Gasteiger partial charge in [-0.15, -0.1) is 11.3 Å². The Labute approximate surface area is 139 Å². The largest absolute Gasteiger partial charge is 0.321 e. The fourth-order valence-corrected chi connectivity index (χ4v) is 2.77. The smallest absolute Gasteiger partial charge is 0.275 e. The summed E-state index contributed by atoms with van der Waals surface area (Å²) in [6, 6.07) is 11.3. The molecule has 24 heavy (non-hydrogen) atoms. The predicted octanol–water partition coefficient (Wildman–Crippen LogP) is 4.11. The molecule has 0 bridgehead atoms. The fraction of sp³-hybridized carbons (Fsp3) is 0. The van der Waals surface area contributed by atoms with E-state index >= 15 is 0 Å². The van der Waals surface area contributed by atoms with Crippen LogP contribution in [0.25, 0.3) is 10.6 Å². The second-order valence-corrected chi connectivity index (χ2v) is 5.66. The van der Waals surface area contributed by atoms with Crippen molar-refractivity contribution in [2.75, 3.05) is 5.32 Å². The third-order valence-corrected chi connectivity index (χ3v) is 4.06. The van der Waals surface area contributed by atoms with E-state index in [0.29, 0.717) is 10.7 Å². The van der Waals surface area contributed by atoms with Gasteiger partial charge in [0.2, 0.25) is 0 Å². The first-order valence-corrected chi connectivity index (χ1v) is 7.68. The van der Waals surface area contributed by atoms with E-state index in [0.717, 1.165) is 5.56 Å². The summed E-state index contributed by atoms with van der Waals surface area (Å²) in [5, 5.41) is 15.4. The Kier molecular flexibility index (Phi) is 4.30. The molecule has 0 saturated carbocycles. The Morgan fingerprint density at radius 2 is 1.79 bits per heavy atom. The minimum atomic E-state index is -0.513. The third-order valence-electron chi connectivity index (χ3n) is 3.16. The van der Waals surface area contributed by atoms with E-state index in [-0.39, 0.29) is 17.2 Å². The second-order valence-electron chi connectivity index (χ2n) is 4.80. The molecule has 8 heteroatoms. The fourth-order valence-electron chi connectivity index (χ4n) is 1.96. The number of benzene rings is 2. The number of anilines is 1. The van der Waals surface area contributed by atoms with E-state index in [2.05, 4.69) is 10.3 Å². The molecule has 1 N–H and O–H groups in total. The van der Waals surface area contributed by atoms with Gasteiger partial charge in [-0.25, -0.2) is 9.37 Å². The summed E-state index contributed by atoms with van der Waals surface area (Å²) in [5.74, 6) is -0.764. The van der Waals surface area contributed by atoms with Gasteiger partial charge < -0.3 is 5.32 Å². The molecule has 0 fully saturated rings. The van der Waals surface area contributed by atoms with E-state index in [4.69, 9.17) is 0 Å². The normalized spacial score (nSPS) is 10.4. The van der Waals surface area contributed by atoms with Crippen molar-refractivity contribution < 1.29 is 14.1 Å². The first-order chi connectivity index (χ1) is 11.5. The number of nitro benzene ring substituents is 1. The van der Waals surface area contributed by atoms with Crippen LogP contribution >= 0.6 is 11.3 Å². The standard InChI is InChI=1S/C16H10FN3O3S/c17-11-3-1-10(2-4-11)16-19-14(9-24-16)15(21)18-12-5-7-13(8-6-12)20(22)23/h1-9H,(H,18,21). The van der Waals surface area contributed by atoms with Gasteiger partial charge in [0, 0.05) is 28.8 Å². The number of hydrogen-bond acceptors (Lipinski definition) is 5. The molecule has 120 valence electrons. The number of nitrogens with one attached hydrogen (secondary N) is 1. The summed E-state index contributed by atoms with van der Waals surface area (Å²) < 4.78 is 12.9. The number of thiazole rings is 1. The zero-order valence-corrected chi connectivity index (χ0v) is 12.9. The SMILES string of the molecule is O=C(Nc1ccc([N+](=O)[O-])cc1)c1csc(-c2ccc(F)cc2)n1. The van der Waals surface area contributed by atoms with Crippen LogP contribution in [0.4, 0.5) is 15.8 Å². The lowest BCUT2D eigenvalue weighted by Gasteiger charge is -2.02. The molecule has 0 saturated heterocycles. The van der Waals surface area contributed by atoms with Crippen molar-refractivity contribution in [2.24, 2.45) is 0 Å². The highest BCUT2D eigenvalue weighted by Gasteiger charge is 2.13. The molecule has 0 aliphatic carbocycles. The molecule has 0 radical (unpaired) electrons. The number of rotatable bonds is 4. The second kappa shape index (κ2) is 6.55. The highest BCUT2D eigenvalue weighted by Crippen LogP contribution is 2.24. The summed E-state index contributed by atoms with van der Waals surface area (Å²) in [6.07, 6.45) is 0. The molecule has 6 nitrogen and oxygen atoms in total. The van der Waals surface area contributed by atoms with Crippen molar-refractivity contribution in [3.63, 3.8) is 0 Å². The van der Waals surface area contributed by atoms with Gasteiger partial charge in [-0.1, -0.05) is 0 Å². The zero-order chi connectivity index (χ0) is 17.1. The van der Waals surface area contributed by atoms with Crippen LogP contribution < -0.4 is 5.32 Å². The van der Waals surface area contributed by atoms with E-state index < -0.39 is 10.8 Å². The molecule has 3 rings (SSSR count). The minimum Gasteiger partial charge on any atom is -0.321 e. The average molecular weight is 343 g/mol. The van der Waals surface area contributed by atoms with E-state index in [1.807, 2.05) is 0 Å².